The van der Waals surface area contributed by atoms with Crippen molar-refractivity contribution in [1.29, 1.82) is 0 Å². The average molecular weight is 281 g/mol. The van der Waals surface area contributed by atoms with Crippen molar-refractivity contribution in [3.8, 4) is 0 Å². The van der Waals surface area contributed by atoms with E-state index in [1.807, 2.05) is 4.90 Å². The van der Waals surface area contributed by atoms with Gasteiger partial charge >= 0.3 is 0 Å². The summed E-state index contributed by atoms with van der Waals surface area (Å²) in [5, 5.41) is 0. The Hall–Kier alpha value is -1.59. The Morgan fingerprint density at radius 1 is 0.850 bits per heavy atom. The number of piperidine rings is 2. The first-order chi connectivity index (χ1) is 9.49. The van der Waals surface area contributed by atoms with Crippen LogP contribution in [0.15, 0.2) is 0 Å². The van der Waals surface area contributed by atoms with E-state index in [-0.39, 0.29) is 29.6 Å². The lowest BCUT2D eigenvalue weighted by Gasteiger charge is -2.36. The minimum atomic E-state index is -0.258. The highest BCUT2D eigenvalue weighted by Crippen LogP contribution is 2.23. The van der Waals surface area contributed by atoms with Gasteiger partial charge in [-0.1, -0.05) is 0 Å². The molecular weight excluding hydrogens is 258 g/mol. The van der Waals surface area contributed by atoms with Gasteiger partial charge < -0.3 is 15.5 Å². The van der Waals surface area contributed by atoms with Crippen LogP contribution in [-0.2, 0) is 14.4 Å². The van der Waals surface area contributed by atoms with E-state index >= 15 is 0 Å². The molecule has 0 saturated carbocycles. The van der Waals surface area contributed by atoms with Crippen LogP contribution < -0.4 is 5.73 Å². The molecule has 2 heterocycles. The Morgan fingerprint density at radius 3 is 1.75 bits per heavy atom. The molecule has 0 aliphatic carbocycles. The molecule has 112 valence electrons. The van der Waals surface area contributed by atoms with E-state index in [0.717, 1.165) is 12.8 Å². The average Bonchev–Trinajstić information content (AvgIpc) is 2.46. The Kier molecular flexibility index (Phi) is 4.62. The highest BCUT2D eigenvalue weighted by molar-refractivity contribution is 5.81. The number of likely N-dealkylation sites (tertiary alicyclic amines) is 2. The molecule has 0 radical (unpaired) electrons. The summed E-state index contributed by atoms with van der Waals surface area (Å²) in [6, 6.07) is 0. The minimum Gasteiger partial charge on any atom is -0.369 e. The molecule has 0 aromatic carbocycles. The first-order valence-corrected chi connectivity index (χ1v) is 7.32. The molecule has 2 aliphatic rings. The van der Waals surface area contributed by atoms with Gasteiger partial charge in [-0.15, -0.1) is 0 Å². The van der Waals surface area contributed by atoms with Crippen LogP contribution in [0.5, 0.6) is 0 Å². The molecule has 0 aromatic heterocycles. The fourth-order valence-electron chi connectivity index (χ4n) is 3.08. The third kappa shape index (κ3) is 3.29. The number of hydrogen-bond acceptors (Lipinski definition) is 3. The molecule has 0 bridgehead atoms. The van der Waals surface area contributed by atoms with Crippen molar-refractivity contribution < 1.29 is 14.4 Å². The standard InChI is InChI=1S/C14H23N3O3/c1-10(18)16-6-4-12(5-7-16)14(20)17-8-2-11(3-9-17)13(15)19/h11-12H,2-9H2,1H3,(H2,15,19). The van der Waals surface area contributed by atoms with Gasteiger partial charge in [0.15, 0.2) is 0 Å². The lowest BCUT2D eigenvalue weighted by atomic mass is 9.92. The fraction of sp³-hybridized carbons (Fsp3) is 0.786. The van der Waals surface area contributed by atoms with Gasteiger partial charge in [0.1, 0.15) is 0 Å². The van der Waals surface area contributed by atoms with Crippen molar-refractivity contribution in [3.63, 3.8) is 0 Å². The van der Waals surface area contributed by atoms with Gasteiger partial charge in [-0.05, 0) is 25.7 Å². The molecule has 3 amide bonds. The third-order valence-corrected chi connectivity index (χ3v) is 4.50. The van der Waals surface area contributed by atoms with Crippen LogP contribution in [-0.4, -0.2) is 53.7 Å². The number of amides is 3. The van der Waals surface area contributed by atoms with Crippen molar-refractivity contribution in [1.82, 2.24) is 9.80 Å². The molecule has 20 heavy (non-hydrogen) atoms. The molecule has 6 heteroatoms. The topological polar surface area (TPSA) is 83.7 Å². The molecule has 2 rings (SSSR count). The predicted molar refractivity (Wildman–Crippen MR) is 73.5 cm³/mol. The maximum Gasteiger partial charge on any atom is 0.225 e. The number of carbonyl (C=O) groups excluding carboxylic acids is 3. The van der Waals surface area contributed by atoms with Gasteiger partial charge in [0.05, 0.1) is 0 Å². The number of nitrogens with two attached hydrogens (primary N) is 1. The lowest BCUT2D eigenvalue weighted by molar-refractivity contribution is -0.142. The van der Waals surface area contributed by atoms with Crippen LogP contribution in [0.4, 0.5) is 0 Å². The molecular formula is C14H23N3O3. The van der Waals surface area contributed by atoms with E-state index in [1.165, 1.54) is 0 Å². The molecule has 0 aromatic rings. The molecule has 2 fully saturated rings. The highest BCUT2D eigenvalue weighted by atomic mass is 16.2. The quantitative estimate of drug-likeness (QED) is 0.771. The van der Waals surface area contributed by atoms with Crippen LogP contribution in [0.2, 0.25) is 0 Å². The van der Waals surface area contributed by atoms with Crippen LogP contribution in [0.1, 0.15) is 32.6 Å². The normalized spacial score (nSPS) is 21.9. The number of hydrogen-bond donors (Lipinski definition) is 1. The summed E-state index contributed by atoms with van der Waals surface area (Å²) in [4.78, 5) is 38.4. The van der Waals surface area contributed by atoms with Crippen LogP contribution in [0.3, 0.4) is 0 Å². The van der Waals surface area contributed by atoms with Crippen LogP contribution in [0, 0.1) is 11.8 Å². The van der Waals surface area contributed by atoms with Gasteiger partial charge in [0.2, 0.25) is 17.7 Å². The van der Waals surface area contributed by atoms with Gasteiger partial charge in [-0.25, -0.2) is 0 Å². The Bertz CT molecular complexity index is 358. The summed E-state index contributed by atoms with van der Waals surface area (Å²) in [5.74, 6) is -0.0597. The fourth-order valence-corrected chi connectivity index (χ4v) is 3.08. The summed E-state index contributed by atoms with van der Waals surface area (Å²) < 4.78 is 0. The smallest absolute Gasteiger partial charge is 0.225 e. The number of primary amides is 1. The highest BCUT2D eigenvalue weighted by Gasteiger charge is 2.32. The molecule has 0 unspecified atom stereocenters. The lowest BCUT2D eigenvalue weighted by Crippen LogP contribution is -2.47. The Morgan fingerprint density at radius 2 is 1.30 bits per heavy atom. The molecule has 0 atom stereocenters. The second-order valence-corrected chi connectivity index (χ2v) is 5.78. The molecule has 6 nitrogen and oxygen atoms in total. The van der Waals surface area contributed by atoms with E-state index in [1.54, 1.807) is 11.8 Å². The van der Waals surface area contributed by atoms with Crippen LogP contribution in [0.25, 0.3) is 0 Å². The summed E-state index contributed by atoms with van der Waals surface area (Å²) in [5.41, 5.74) is 5.30. The molecule has 2 N–H and O–H groups in total. The summed E-state index contributed by atoms with van der Waals surface area (Å²) >= 11 is 0. The van der Waals surface area contributed by atoms with Gasteiger partial charge in [0, 0.05) is 44.9 Å². The van der Waals surface area contributed by atoms with E-state index in [4.69, 9.17) is 5.73 Å². The van der Waals surface area contributed by atoms with E-state index in [0.29, 0.717) is 39.0 Å². The van der Waals surface area contributed by atoms with Crippen LogP contribution >= 0.6 is 0 Å². The van der Waals surface area contributed by atoms with E-state index in [9.17, 15) is 14.4 Å². The van der Waals surface area contributed by atoms with Crippen molar-refractivity contribution in [3.05, 3.63) is 0 Å². The first-order valence-electron chi connectivity index (χ1n) is 7.32. The number of rotatable bonds is 2. The Balaban J connectivity index is 1.81. The van der Waals surface area contributed by atoms with Crippen molar-refractivity contribution in [2.24, 2.45) is 17.6 Å². The van der Waals surface area contributed by atoms with Crippen molar-refractivity contribution in [2.45, 2.75) is 32.6 Å². The number of nitrogens with zero attached hydrogens (tertiary/aromatic N) is 2. The second kappa shape index (κ2) is 6.24. The summed E-state index contributed by atoms with van der Waals surface area (Å²) in [6.45, 7) is 4.16. The van der Waals surface area contributed by atoms with Crippen molar-refractivity contribution >= 4 is 17.7 Å². The monoisotopic (exact) mass is 281 g/mol. The third-order valence-electron chi connectivity index (χ3n) is 4.50. The number of carbonyl (C=O) groups is 3. The van der Waals surface area contributed by atoms with Crippen molar-refractivity contribution in [2.75, 3.05) is 26.2 Å². The first kappa shape index (κ1) is 14.8. The zero-order valence-corrected chi connectivity index (χ0v) is 12.0. The van der Waals surface area contributed by atoms with Gasteiger partial charge in [-0.2, -0.15) is 0 Å². The van der Waals surface area contributed by atoms with E-state index in [2.05, 4.69) is 0 Å². The maximum absolute atomic E-state index is 12.4. The molecule has 2 saturated heterocycles. The Labute approximate surface area is 119 Å². The predicted octanol–water partition coefficient (Wildman–Crippen LogP) is -0.0312. The molecule has 2 aliphatic heterocycles. The maximum atomic E-state index is 12.4. The zero-order valence-electron chi connectivity index (χ0n) is 12.0. The largest absolute Gasteiger partial charge is 0.369 e. The second-order valence-electron chi connectivity index (χ2n) is 5.78. The zero-order chi connectivity index (χ0) is 14.7. The van der Waals surface area contributed by atoms with Gasteiger partial charge in [-0.3, -0.25) is 14.4 Å². The summed E-state index contributed by atoms with van der Waals surface area (Å²) in [7, 11) is 0. The minimum absolute atomic E-state index is 0.0238. The van der Waals surface area contributed by atoms with E-state index < -0.39 is 0 Å². The molecule has 0 spiro atoms. The SMILES string of the molecule is CC(=O)N1CCC(C(=O)N2CCC(C(N)=O)CC2)CC1. The summed E-state index contributed by atoms with van der Waals surface area (Å²) in [6.07, 6.45) is 2.84. The van der Waals surface area contributed by atoms with Gasteiger partial charge in [0.25, 0.3) is 0 Å².